The van der Waals surface area contributed by atoms with Crippen LogP contribution in [0, 0.1) is 0 Å². The normalized spacial score (nSPS) is 17.5. The lowest BCUT2D eigenvalue weighted by Crippen LogP contribution is -2.29. The van der Waals surface area contributed by atoms with Gasteiger partial charge in [-0.25, -0.2) is 0 Å². The van der Waals surface area contributed by atoms with Crippen LogP contribution in [0.15, 0.2) is 78.8 Å². The Balaban J connectivity index is 1.76. The number of benzene rings is 1. The lowest BCUT2D eigenvalue weighted by atomic mass is 9.98. The highest BCUT2D eigenvalue weighted by Gasteiger charge is 2.46. The average molecular weight is 429 g/mol. The van der Waals surface area contributed by atoms with Crippen molar-refractivity contribution in [2.75, 3.05) is 6.61 Å². The summed E-state index contributed by atoms with van der Waals surface area (Å²) in [5, 5.41) is 11.1. The molecule has 1 fully saturated rings. The van der Waals surface area contributed by atoms with E-state index in [0.717, 1.165) is 12.0 Å². The number of aromatic nitrogens is 2. The van der Waals surface area contributed by atoms with E-state index in [1.807, 2.05) is 13.0 Å². The molecule has 0 radical (unpaired) electrons. The van der Waals surface area contributed by atoms with Crippen molar-refractivity contribution in [2.24, 2.45) is 0 Å². The van der Waals surface area contributed by atoms with E-state index in [0.29, 0.717) is 23.6 Å². The van der Waals surface area contributed by atoms with Gasteiger partial charge in [-0.2, -0.15) is 0 Å². The molecular formula is C25H23N3O4. The van der Waals surface area contributed by atoms with Gasteiger partial charge in [-0.3, -0.25) is 19.6 Å². The van der Waals surface area contributed by atoms with Crippen molar-refractivity contribution in [3.8, 4) is 5.75 Å². The molecule has 3 heterocycles. The smallest absolute Gasteiger partial charge is 0.296 e. The lowest BCUT2D eigenvalue weighted by Gasteiger charge is -2.24. The molecule has 162 valence electrons. The van der Waals surface area contributed by atoms with E-state index in [4.69, 9.17) is 4.74 Å². The van der Waals surface area contributed by atoms with Gasteiger partial charge in [0.15, 0.2) is 0 Å². The Labute approximate surface area is 186 Å². The van der Waals surface area contributed by atoms with E-state index in [1.54, 1.807) is 67.1 Å². The van der Waals surface area contributed by atoms with Crippen molar-refractivity contribution in [2.45, 2.75) is 25.9 Å². The van der Waals surface area contributed by atoms with Crippen LogP contribution in [0.5, 0.6) is 5.75 Å². The van der Waals surface area contributed by atoms with Crippen LogP contribution in [-0.2, 0) is 16.1 Å². The first-order valence-electron chi connectivity index (χ1n) is 10.4. The Kier molecular flexibility index (Phi) is 6.26. The molecule has 1 amide bonds. The summed E-state index contributed by atoms with van der Waals surface area (Å²) < 4.78 is 5.58. The van der Waals surface area contributed by atoms with Crippen LogP contribution in [0.3, 0.4) is 0 Å². The number of carbonyl (C=O) groups excluding carboxylic acids is 2. The van der Waals surface area contributed by atoms with Gasteiger partial charge in [0.2, 0.25) is 0 Å². The van der Waals surface area contributed by atoms with Gasteiger partial charge in [-0.05, 0) is 54.4 Å². The predicted octanol–water partition coefficient (Wildman–Crippen LogP) is 3.89. The second-order valence-electron chi connectivity index (χ2n) is 7.42. The van der Waals surface area contributed by atoms with Crippen LogP contribution >= 0.6 is 0 Å². The Bertz CT molecular complexity index is 1130. The van der Waals surface area contributed by atoms with Crippen LogP contribution in [0.25, 0.3) is 5.76 Å². The predicted molar refractivity (Wildman–Crippen MR) is 119 cm³/mol. The zero-order valence-corrected chi connectivity index (χ0v) is 17.6. The summed E-state index contributed by atoms with van der Waals surface area (Å²) in [6.45, 7) is 2.77. The van der Waals surface area contributed by atoms with Crippen LogP contribution < -0.4 is 4.74 Å². The molecule has 7 heteroatoms. The summed E-state index contributed by atoms with van der Waals surface area (Å²) >= 11 is 0. The van der Waals surface area contributed by atoms with Gasteiger partial charge in [0.1, 0.15) is 17.6 Å². The average Bonchev–Trinajstić information content (AvgIpc) is 3.09. The largest absolute Gasteiger partial charge is 0.507 e. The lowest BCUT2D eigenvalue weighted by molar-refractivity contribution is -0.140. The first kappa shape index (κ1) is 21.2. The Morgan fingerprint density at radius 3 is 2.53 bits per heavy atom. The van der Waals surface area contributed by atoms with E-state index in [2.05, 4.69) is 9.97 Å². The molecule has 2 aromatic heterocycles. The maximum Gasteiger partial charge on any atom is 0.296 e. The number of ether oxygens (including phenoxy) is 1. The van der Waals surface area contributed by atoms with Crippen molar-refractivity contribution in [3.63, 3.8) is 0 Å². The van der Waals surface area contributed by atoms with E-state index in [-0.39, 0.29) is 17.9 Å². The van der Waals surface area contributed by atoms with Gasteiger partial charge in [-0.15, -0.1) is 0 Å². The highest BCUT2D eigenvalue weighted by molar-refractivity contribution is 6.46. The summed E-state index contributed by atoms with van der Waals surface area (Å²) in [6.07, 6.45) is 5.76. The minimum Gasteiger partial charge on any atom is -0.507 e. The van der Waals surface area contributed by atoms with Gasteiger partial charge in [0.25, 0.3) is 11.7 Å². The number of aliphatic hydroxyl groups is 1. The summed E-state index contributed by atoms with van der Waals surface area (Å²) in [7, 11) is 0. The molecule has 0 spiro atoms. The summed E-state index contributed by atoms with van der Waals surface area (Å²) in [6, 6.07) is 14.9. The molecule has 1 saturated heterocycles. The van der Waals surface area contributed by atoms with Gasteiger partial charge >= 0.3 is 0 Å². The number of nitrogens with zero attached hydrogens (tertiary/aromatic N) is 3. The van der Waals surface area contributed by atoms with Gasteiger partial charge in [0.05, 0.1) is 17.9 Å². The number of likely N-dealkylation sites (tertiary alicyclic amines) is 1. The van der Waals surface area contributed by atoms with E-state index in [9.17, 15) is 14.7 Å². The second kappa shape index (κ2) is 9.43. The van der Waals surface area contributed by atoms with Crippen molar-refractivity contribution in [3.05, 3.63) is 95.6 Å². The number of carbonyl (C=O) groups is 2. The standard InChI is InChI=1S/C25H23N3O4/c1-2-14-32-19-10-8-18(9-11-19)23(29)21-22(20-7-3-4-13-27-20)28(25(31)24(21)30)16-17-6-5-12-26-15-17/h3-13,15,22,29H,2,14,16H2,1H3/b23-21-. The minimum atomic E-state index is -0.813. The number of hydrogen-bond acceptors (Lipinski definition) is 6. The van der Waals surface area contributed by atoms with Crippen LogP contribution in [0.1, 0.15) is 36.2 Å². The fraction of sp³-hybridized carbons (Fsp3) is 0.200. The van der Waals surface area contributed by atoms with Crippen LogP contribution in [0.2, 0.25) is 0 Å². The SMILES string of the molecule is CCCOc1ccc(/C(O)=C2/C(=O)C(=O)N(Cc3cccnc3)C2c2ccccn2)cc1. The maximum atomic E-state index is 13.0. The molecule has 1 aromatic carbocycles. The quantitative estimate of drug-likeness (QED) is 0.348. The first-order valence-corrected chi connectivity index (χ1v) is 10.4. The third-order valence-electron chi connectivity index (χ3n) is 5.18. The third-order valence-corrected chi connectivity index (χ3v) is 5.18. The number of ketones is 1. The fourth-order valence-electron chi connectivity index (χ4n) is 3.66. The Morgan fingerprint density at radius 2 is 1.88 bits per heavy atom. The van der Waals surface area contributed by atoms with E-state index in [1.165, 1.54) is 4.90 Å². The van der Waals surface area contributed by atoms with Crippen molar-refractivity contribution in [1.29, 1.82) is 0 Å². The molecule has 1 atom stereocenters. The van der Waals surface area contributed by atoms with Crippen LogP contribution in [-0.4, -0.2) is 38.3 Å². The number of rotatable bonds is 7. The molecule has 3 aromatic rings. The zero-order valence-electron chi connectivity index (χ0n) is 17.6. The fourth-order valence-corrected chi connectivity index (χ4v) is 3.66. The highest BCUT2D eigenvalue weighted by Crippen LogP contribution is 2.39. The molecule has 1 aliphatic heterocycles. The minimum absolute atomic E-state index is 0.0137. The topological polar surface area (TPSA) is 92.6 Å². The van der Waals surface area contributed by atoms with Crippen molar-refractivity contribution >= 4 is 17.4 Å². The first-order chi connectivity index (χ1) is 15.6. The van der Waals surface area contributed by atoms with E-state index < -0.39 is 17.7 Å². The molecule has 0 aliphatic carbocycles. The monoisotopic (exact) mass is 429 g/mol. The zero-order chi connectivity index (χ0) is 22.5. The molecule has 1 aliphatic rings. The maximum absolute atomic E-state index is 13.0. The molecule has 4 rings (SSSR count). The molecule has 1 N–H and O–H groups in total. The van der Waals surface area contributed by atoms with Gasteiger partial charge in [-0.1, -0.05) is 19.1 Å². The highest BCUT2D eigenvalue weighted by atomic mass is 16.5. The Hall–Kier alpha value is -4.00. The van der Waals surface area contributed by atoms with Gasteiger partial charge in [0, 0.05) is 30.7 Å². The third kappa shape index (κ3) is 4.23. The number of pyridine rings is 2. The summed E-state index contributed by atoms with van der Waals surface area (Å²) in [5.41, 5.74) is 1.71. The summed E-state index contributed by atoms with van der Waals surface area (Å²) in [4.78, 5) is 35.9. The van der Waals surface area contributed by atoms with Crippen molar-refractivity contribution < 1.29 is 19.4 Å². The molecule has 0 bridgehead atoms. The Morgan fingerprint density at radius 1 is 1.06 bits per heavy atom. The molecule has 1 unspecified atom stereocenters. The number of aliphatic hydroxyl groups excluding tert-OH is 1. The van der Waals surface area contributed by atoms with Crippen LogP contribution in [0.4, 0.5) is 0 Å². The van der Waals surface area contributed by atoms with Crippen molar-refractivity contribution in [1.82, 2.24) is 14.9 Å². The molecule has 32 heavy (non-hydrogen) atoms. The molecule has 0 saturated carbocycles. The molecular weight excluding hydrogens is 406 g/mol. The second-order valence-corrected chi connectivity index (χ2v) is 7.42. The number of hydrogen-bond donors (Lipinski definition) is 1. The van der Waals surface area contributed by atoms with E-state index >= 15 is 0 Å². The molecule has 7 nitrogen and oxygen atoms in total. The van der Waals surface area contributed by atoms with Gasteiger partial charge < -0.3 is 14.7 Å². The number of Topliss-reactive ketones (excluding diaryl/α,β-unsaturated/α-hetero) is 1. The number of amides is 1. The summed E-state index contributed by atoms with van der Waals surface area (Å²) in [5.74, 6) is -1.00.